The van der Waals surface area contributed by atoms with Gasteiger partial charge in [-0.2, -0.15) is 0 Å². The largest absolute Gasteiger partial charge is 0.452 e. The van der Waals surface area contributed by atoms with E-state index in [-0.39, 0.29) is 12.5 Å². The lowest BCUT2D eigenvalue weighted by Crippen LogP contribution is -2.21. The van der Waals surface area contributed by atoms with Crippen LogP contribution in [0.25, 0.3) is 0 Å². The van der Waals surface area contributed by atoms with Crippen molar-refractivity contribution in [2.75, 3.05) is 37.2 Å². The minimum atomic E-state index is -0.520. The minimum Gasteiger partial charge on any atom is -0.452 e. The highest BCUT2D eigenvalue weighted by atomic mass is 32.2. The molecule has 24 heavy (non-hydrogen) atoms. The summed E-state index contributed by atoms with van der Waals surface area (Å²) in [5.74, 6) is -0.889. The second-order valence-corrected chi connectivity index (χ2v) is 6.18. The van der Waals surface area contributed by atoms with E-state index >= 15 is 0 Å². The van der Waals surface area contributed by atoms with Crippen molar-refractivity contribution in [3.63, 3.8) is 0 Å². The molecule has 1 N–H and O–H groups in total. The molecule has 0 aliphatic rings. The molecule has 0 heterocycles. The maximum atomic E-state index is 12.0. The van der Waals surface area contributed by atoms with Crippen molar-refractivity contribution < 1.29 is 14.3 Å². The van der Waals surface area contributed by atoms with Gasteiger partial charge in [0.1, 0.15) is 0 Å². The number of rotatable bonds is 6. The van der Waals surface area contributed by atoms with E-state index in [4.69, 9.17) is 4.74 Å². The first kappa shape index (κ1) is 17.9. The summed E-state index contributed by atoms with van der Waals surface area (Å²) in [7, 11) is 3.84. The fourth-order valence-corrected chi connectivity index (χ4v) is 2.47. The van der Waals surface area contributed by atoms with Crippen LogP contribution in [0.1, 0.15) is 10.4 Å². The SMILES string of the molecule is CSc1cccc(NC(=O)COC(=O)c2ccc(N(C)C)cc2)c1. The molecule has 5 nitrogen and oxygen atoms in total. The van der Waals surface area contributed by atoms with Crippen LogP contribution in [0.4, 0.5) is 11.4 Å². The molecule has 2 aromatic rings. The van der Waals surface area contributed by atoms with Crippen molar-refractivity contribution in [2.45, 2.75) is 4.90 Å². The summed E-state index contributed by atoms with van der Waals surface area (Å²) < 4.78 is 5.05. The predicted octanol–water partition coefficient (Wildman–Crippen LogP) is 3.27. The summed E-state index contributed by atoms with van der Waals surface area (Å²) in [5, 5.41) is 2.71. The fraction of sp³-hybridized carbons (Fsp3) is 0.222. The van der Waals surface area contributed by atoms with Crippen molar-refractivity contribution in [3.05, 3.63) is 54.1 Å². The minimum absolute atomic E-state index is 0.322. The highest BCUT2D eigenvalue weighted by Crippen LogP contribution is 2.19. The van der Waals surface area contributed by atoms with Gasteiger partial charge in [-0.1, -0.05) is 6.07 Å². The molecule has 1 amide bonds. The molecule has 0 saturated heterocycles. The van der Waals surface area contributed by atoms with Crippen molar-refractivity contribution >= 4 is 35.0 Å². The van der Waals surface area contributed by atoms with Crippen LogP contribution in [0.15, 0.2) is 53.4 Å². The van der Waals surface area contributed by atoms with Gasteiger partial charge in [-0.3, -0.25) is 4.79 Å². The Hall–Kier alpha value is -2.47. The van der Waals surface area contributed by atoms with Crippen LogP contribution in [-0.2, 0) is 9.53 Å². The smallest absolute Gasteiger partial charge is 0.338 e. The molecule has 0 spiro atoms. The van der Waals surface area contributed by atoms with E-state index in [0.717, 1.165) is 10.6 Å². The van der Waals surface area contributed by atoms with Crippen molar-refractivity contribution in [3.8, 4) is 0 Å². The van der Waals surface area contributed by atoms with Gasteiger partial charge in [0, 0.05) is 30.4 Å². The van der Waals surface area contributed by atoms with E-state index in [1.165, 1.54) is 0 Å². The Morgan fingerprint density at radius 1 is 1.12 bits per heavy atom. The Balaban J connectivity index is 1.87. The number of amides is 1. The predicted molar refractivity (Wildman–Crippen MR) is 97.9 cm³/mol. The summed E-state index contributed by atoms with van der Waals surface area (Å²) in [4.78, 5) is 26.8. The van der Waals surface area contributed by atoms with E-state index < -0.39 is 5.97 Å². The number of nitrogens with zero attached hydrogens (tertiary/aromatic N) is 1. The van der Waals surface area contributed by atoms with E-state index in [9.17, 15) is 9.59 Å². The summed E-state index contributed by atoms with van der Waals surface area (Å²) in [6.07, 6.45) is 1.96. The molecule has 0 fully saturated rings. The lowest BCUT2D eigenvalue weighted by molar-refractivity contribution is -0.119. The standard InChI is InChI=1S/C18H20N2O3S/c1-20(2)15-9-7-13(8-10-15)18(22)23-12-17(21)19-14-5-4-6-16(11-14)24-3/h4-11H,12H2,1-3H3,(H,19,21). The molecule has 0 unspecified atom stereocenters. The van der Waals surface area contributed by atoms with E-state index in [2.05, 4.69) is 5.32 Å². The van der Waals surface area contributed by atoms with Crippen LogP contribution >= 0.6 is 11.8 Å². The molecule has 0 saturated carbocycles. The third kappa shape index (κ3) is 5.03. The molecule has 0 radical (unpaired) electrons. The average Bonchev–Trinajstić information content (AvgIpc) is 2.60. The summed E-state index contributed by atoms with van der Waals surface area (Å²) in [5.41, 5.74) is 2.08. The quantitative estimate of drug-likeness (QED) is 0.644. The first-order valence-corrected chi connectivity index (χ1v) is 8.60. The monoisotopic (exact) mass is 344 g/mol. The Morgan fingerprint density at radius 2 is 1.83 bits per heavy atom. The van der Waals surface area contributed by atoms with Crippen LogP contribution in [0, 0.1) is 0 Å². The number of anilines is 2. The Morgan fingerprint density at radius 3 is 2.46 bits per heavy atom. The van der Waals surface area contributed by atoms with Gasteiger partial charge in [-0.05, 0) is 48.7 Å². The molecule has 0 aromatic heterocycles. The number of thioether (sulfide) groups is 1. The maximum absolute atomic E-state index is 12.0. The van der Waals surface area contributed by atoms with Crippen molar-refractivity contribution in [1.82, 2.24) is 0 Å². The normalized spacial score (nSPS) is 10.1. The molecule has 2 rings (SSSR count). The Bertz CT molecular complexity index is 714. The van der Waals surface area contributed by atoms with Crippen LogP contribution in [0.5, 0.6) is 0 Å². The zero-order valence-corrected chi connectivity index (χ0v) is 14.7. The number of esters is 1. The average molecular weight is 344 g/mol. The zero-order chi connectivity index (χ0) is 17.5. The number of hydrogen-bond donors (Lipinski definition) is 1. The maximum Gasteiger partial charge on any atom is 0.338 e. The Kier molecular flexibility index (Phi) is 6.26. The lowest BCUT2D eigenvalue weighted by Gasteiger charge is -2.12. The second-order valence-electron chi connectivity index (χ2n) is 5.30. The first-order chi connectivity index (χ1) is 11.5. The summed E-state index contributed by atoms with van der Waals surface area (Å²) in [6.45, 7) is -0.322. The van der Waals surface area contributed by atoms with Gasteiger partial charge in [0.05, 0.1) is 5.56 Å². The van der Waals surface area contributed by atoms with Crippen LogP contribution in [0.2, 0.25) is 0 Å². The molecular formula is C18H20N2O3S. The van der Waals surface area contributed by atoms with Gasteiger partial charge in [0.25, 0.3) is 5.91 Å². The molecule has 0 aliphatic heterocycles. The number of benzene rings is 2. The third-order valence-corrected chi connectivity index (χ3v) is 4.03. The molecule has 0 aliphatic carbocycles. The van der Waals surface area contributed by atoms with Gasteiger partial charge in [-0.15, -0.1) is 11.8 Å². The molecule has 126 valence electrons. The van der Waals surface area contributed by atoms with Crippen LogP contribution < -0.4 is 10.2 Å². The number of nitrogens with one attached hydrogen (secondary N) is 1. The summed E-state index contributed by atoms with van der Waals surface area (Å²) >= 11 is 1.59. The van der Waals surface area contributed by atoms with Gasteiger partial charge >= 0.3 is 5.97 Å². The van der Waals surface area contributed by atoms with Crippen molar-refractivity contribution in [2.24, 2.45) is 0 Å². The van der Waals surface area contributed by atoms with Gasteiger partial charge < -0.3 is 15.0 Å². The van der Waals surface area contributed by atoms with Gasteiger partial charge in [0.2, 0.25) is 0 Å². The topological polar surface area (TPSA) is 58.6 Å². The molecule has 0 atom stereocenters. The van der Waals surface area contributed by atoms with E-state index in [1.807, 2.05) is 55.6 Å². The van der Waals surface area contributed by atoms with Crippen molar-refractivity contribution in [1.29, 1.82) is 0 Å². The number of carbonyl (C=O) groups is 2. The highest BCUT2D eigenvalue weighted by Gasteiger charge is 2.11. The van der Waals surface area contributed by atoms with Crippen LogP contribution in [-0.4, -0.2) is 38.8 Å². The fourth-order valence-electron chi connectivity index (χ4n) is 2.01. The Labute approximate surface area is 146 Å². The van der Waals surface area contributed by atoms with E-state index in [0.29, 0.717) is 11.3 Å². The molecule has 0 bridgehead atoms. The van der Waals surface area contributed by atoms with Crippen LogP contribution in [0.3, 0.4) is 0 Å². The molecule has 2 aromatic carbocycles. The zero-order valence-electron chi connectivity index (χ0n) is 13.9. The molecular weight excluding hydrogens is 324 g/mol. The first-order valence-electron chi connectivity index (χ1n) is 7.38. The van der Waals surface area contributed by atoms with Gasteiger partial charge in [-0.25, -0.2) is 4.79 Å². The number of carbonyl (C=O) groups excluding carboxylic acids is 2. The van der Waals surface area contributed by atoms with Gasteiger partial charge in [0.15, 0.2) is 6.61 Å². The third-order valence-electron chi connectivity index (χ3n) is 3.31. The lowest BCUT2D eigenvalue weighted by atomic mass is 10.2. The molecule has 6 heteroatoms. The number of ether oxygens (including phenoxy) is 1. The van der Waals surface area contributed by atoms with E-state index in [1.54, 1.807) is 30.0 Å². The second kappa shape index (κ2) is 8.40. The number of hydrogen-bond acceptors (Lipinski definition) is 5. The highest BCUT2D eigenvalue weighted by molar-refractivity contribution is 7.98. The summed E-state index contributed by atoms with van der Waals surface area (Å²) in [6, 6.07) is 14.5.